The molecule has 0 radical (unpaired) electrons. The summed E-state index contributed by atoms with van der Waals surface area (Å²) in [4.78, 5) is 13.6. The van der Waals surface area contributed by atoms with E-state index in [1.165, 1.54) is 38.3 Å². The van der Waals surface area contributed by atoms with Crippen LogP contribution in [-0.4, -0.2) is 43.7 Å². The lowest BCUT2D eigenvalue weighted by Crippen LogP contribution is -2.32. The van der Waals surface area contributed by atoms with Gasteiger partial charge in [0.2, 0.25) is 0 Å². The SMILES string of the molecule is COc1ccc(C(O)CN(C)C(=O)c2c(F)cccc2Cl)cc1OC. The van der Waals surface area contributed by atoms with Crippen LogP contribution in [0.1, 0.15) is 22.0 Å². The molecule has 1 unspecified atom stereocenters. The van der Waals surface area contributed by atoms with Gasteiger partial charge >= 0.3 is 0 Å². The van der Waals surface area contributed by atoms with Crippen molar-refractivity contribution >= 4 is 17.5 Å². The molecule has 5 nitrogen and oxygen atoms in total. The van der Waals surface area contributed by atoms with Gasteiger partial charge in [-0.2, -0.15) is 0 Å². The summed E-state index contributed by atoms with van der Waals surface area (Å²) in [7, 11) is 4.47. The maximum Gasteiger partial charge on any atom is 0.258 e. The Morgan fingerprint density at radius 1 is 1.24 bits per heavy atom. The van der Waals surface area contributed by atoms with Crippen molar-refractivity contribution in [1.29, 1.82) is 0 Å². The quantitative estimate of drug-likeness (QED) is 0.851. The van der Waals surface area contributed by atoms with E-state index in [4.69, 9.17) is 21.1 Å². The highest BCUT2D eigenvalue weighted by molar-refractivity contribution is 6.33. The van der Waals surface area contributed by atoms with Crippen LogP contribution in [0.2, 0.25) is 5.02 Å². The molecule has 0 heterocycles. The van der Waals surface area contributed by atoms with E-state index in [0.29, 0.717) is 17.1 Å². The van der Waals surface area contributed by atoms with Crippen LogP contribution in [0.25, 0.3) is 0 Å². The highest BCUT2D eigenvalue weighted by atomic mass is 35.5. The molecule has 25 heavy (non-hydrogen) atoms. The van der Waals surface area contributed by atoms with E-state index < -0.39 is 17.8 Å². The zero-order valence-electron chi connectivity index (χ0n) is 14.1. The van der Waals surface area contributed by atoms with Gasteiger partial charge in [0.05, 0.1) is 37.5 Å². The van der Waals surface area contributed by atoms with E-state index in [1.807, 2.05) is 0 Å². The molecule has 0 fully saturated rings. The molecule has 2 aromatic carbocycles. The monoisotopic (exact) mass is 367 g/mol. The summed E-state index contributed by atoms with van der Waals surface area (Å²) in [5.41, 5.74) is 0.322. The zero-order chi connectivity index (χ0) is 18.6. The third kappa shape index (κ3) is 4.21. The van der Waals surface area contributed by atoms with Gasteiger partial charge in [-0.1, -0.05) is 23.7 Å². The van der Waals surface area contributed by atoms with Gasteiger partial charge in [0.25, 0.3) is 5.91 Å². The first-order valence-corrected chi connectivity index (χ1v) is 7.86. The molecule has 0 aliphatic heterocycles. The summed E-state index contributed by atoms with van der Waals surface area (Å²) >= 11 is 5.91. The van der Waals surface area contributed by atoms with E-state index in [2.05, 4.69) is 0 Å². The molecule has 2 rings (SSSR count). The van der Waals surface area contributed by atoms with Gasteiger partial charge in [-0.05, 0) is 29.8 Å². The number of aliphatic hydroxyl groups excluding tert-OH is 1. The van der Waals surface area contributed by atoms with Crippen LogP contribution in [0.4, 0.5) is 4.39 Å². The molecule has 1 N–H and O–H groups in total. The van der Waals surface area contributed by atoms with Crippen molar-refractivity contribution in [2.75, 3.05) is 27.8 Å². The van der Waals surface area contributed by atoms with E-state index in [1.54, 1.807) is 18.2 Å². The van der Waals surface area contributed by atoms with Gasteiger partial charge < -0.3 is 19.5 Å². The predicted molar refractivity (Wildman–Crippen MR) is 92.9 cm³/mol. The van der Waals surface area contributed by atoms with Crippen LogP contribution >= 0.6 is 11.6 Å². The Bertz CT molecular complexity index is 748. The van der Waals surface area contributed by atoms with Gasteiger partial charge in [-0.3, -0.25) is 4.79 Å². The lowest BCUT2D eigenvalue weighted by Gasteiger charge is -2.22. The molecule has 1 atom stereocenters. The van der Waals surface area contributed by atoms with E-state index >= 15 is 0 Å². The Morgan fingerprint density at radius 2 is 1.92 bits per heavy atom. The Morgan fingerprint density at radius 3 is 2.52 bits per heavy atom. The van der Waals surface area contributed by atoms with Crippen molar-refractivity contribution in [3.05, 3.63) is 58.4 Å². The van der Waals surface area contributed by atoms with E-state index in [-0.39, 0.29) is 17.1 Å². The Balaban J connectivity index is 2.17. The molecule has 0 spiro atoms. The maximum absolute atomic E-state index is 13.9. The van der Waals surface area contributed by atoms with Crippen molar-refractivity contribution in [2.24, 2.45) is 0 Å². The van der Waals surface area contributed by atoms with Gasteiger partial charge in [-0.15, -0.1) is 0 Å². The van der Waals surface area contributed by atoms with Crippen molar-refractivity contribution in [1.82, 2.24) is 4.90 Å². The lowest BCUT2D eigenvalue weighted by atomic mass is 10.1. The number of hydrogen-bond donors (Lipinski definition) is 1. The standard InChI is InChI=1S/C18H19ClFNO4/c1-21(18(23)17-12(19)5-4-6-13(17)20)10-14(22)11-7-8-15(24-2)16(9-11)25-3/h4-9,14,22H,10H2,1-3H3. The van der Waals surface area contributed by atoms with Gasteiger partial charge in [0.1, 0.15) is 5.82 Å². The molecule has 0 aliphatic carbocycles. The number of rotatable bonds is 6. The molecule has 0 saturated heterocycles. The molecule has 0 bridgehead atoms. The number of hydrogen-bond acceptors (Lipinski definition) is 4. The topological polar surface area (TPSA) is 59.0 Å². The summed E-state index contributed by atoms with van der Waals surface area (Å²) in [6.45, 7) is -0.0427. The van der Waals surface area contributed by atoms with E-state index in [0.717, 1.165) is 6.07 Å². The number of carbonyl (C=O) groups excluding carboxylic acids is 1. The largest absolute Gasteiger partial charge is 0.493 e. The number of methoxy groups -OCH3 is 2. The summed E-state index contributed by atoms with van der Waals surface area (Å²) in [5, 5.41) is 10.4. The smallest absolute Gasteiger partial charge is 0.258 e. The molecule has 2 aromatic rings. The first-order valence-electron chi connectivity index (χ1n) is 7.48. The number of benzene rings is 2. The minimum Gasteiger partial charge on any atom is -0.493 e. The summed E-state index contributed by atoms with van der Waals surface area (Å²) < 4.78 is 24.2. The van der Waals surface area contributed by atoms with Crippen molar-refractivity contribution < 1.29 is 23.8 Å². The summed E-state index contributed by atoms with van der Waals surface area (Å²) in [6.07, 6.45) is -0.987. The minimum absolute atomic E-state index is 0.0254. The second-order valence-corrected chi connectivity index (χ2v) is 5.82. The Hall–Kier alpha value is -2.31. The lowest BCUT2D eigenvalue weighted by molar-refractivity contribution is 0.0676. The molecule has 1 amide bonds. The number of halogens is 2. The highest BCUT2D eigenvalue weighted by Gasteiger charge is 2.22. The molecular formula is C18H19ClFNO4. The highest BCUT2D eigenvalue weighted by Crippen LogP contribution is 2.30. The Labute approximate surface area is 150 Å². The van der Waals surface area contributed by atoms with Crippen LogP contribution in [0, 0.1) is 5.82 Å². The first kappa shape index (κ1) is 19.0. The van der Waals surface area contributed by atoms with Crippen LogP contribution in [0.3, 0.4) is 0 Å². The average Bonchev–Trinajstić information content (AvgIpc) is 2.60. The summed E-state index contributed by atoms with van der Waals surface area (Å²) in [5.74, 6) is -0.321. The van der Waals surface area contributed by atoms with Crippen LogP contribution in [0.15, 0.2) is 36.4 Å². The number of carbonyl (C=O) groups is 1. The fourth-order valence-electron chi connectivity index (χ4n) is 2.40. The second kappa shape index (κ2) is 8.18. The molecular weight excluding hydrogens is 349 g/mol. The molecule has 7 heteroatoms. The number of aliphatic hydroxyl groups is 1. The van der Waals surface area contributed by atoms with Crippen molar-refractivity contribution in [2.45, 2.75) is 6.10 Å². The molecule has 134 valence electrons. The third-order valence-corrected chi connectivity index (χ3v) is 4.08. The molecule has 0 aliphatic rings. The number of likely N-dealkylation sites (N-methyl/N-ethyl adjacent to an activating group) is 1. The predicted octanol–water partition coefficient (Wildman–Crippen LogP) is 3.30. The van der Waals surface area contributed by atoms with Crippen molar-refractivity contribution in [3.63, 3.8) is 0 Å². The minimum atomic E-state index is -0.987. The Kier molecular flexibility index (Phi) is 6.22. The fourth-order valence-corrected chi connectivity index (χ4v) is 2.64. The van der Waals surface area contributed by atoms with Gasteiger partial charge in [0.15, 0.2) is 11.5 Å². The van der Waals surface area contributed by atoms with Crippen LogP contribution in [-0.2, 0) is 0 Å². The van der Waals surface area contributed by atoms with Gasteiger partial charge in [0, 0.05) is 7.05 Å². The number of ether oxygens (including phenoxy) is 2. The van der Waals surface area contributed by atoms with Crippen LogP contribution in [0.5, 0.6) is 11.5 Å². The zero-order valence-corrected chi connectivity index (χ0v) is 14.9. The number of nitrogens with zero attached hydrogens (tertiary/aromatic N) is 1. The average molecular weight is 368 g/mol. The van der Waals surface area contributed by atoms with E-state index in [9.17, 15) is 14.3 Å². The van der Waals surface area contributed by atoms with Crippen LogP contribution < -0.4 is 9.47 Å². The normalized spacial score (nSPS) is 11.8. The summed E-state index contributed by atoms with van der Waals surface area (Å²) in [6, 6.07) is 8.98. The van der Waals surface area contributed by atoms with Gasteiger partial charge in [-0.25, -0.2) is 4.39 Å². The molecule has 0 saturated carbocycles. The maximum atomic E-state index is 13.9. The second-order valence-electron chi connectivity index (χ2n) is 5.41. The number of amides is 1. The van der Waals surface area contributed by atoms with Crippen molar-refractivity contribution in [3.8, 4) is 11.5 Å². The molecule has 0 aromatic heterocycles. The first-order chi connectivity index (χ1) is 11.9. The third-order valence-electron chi connectivity index (χ3n) is 3.76. The fraction of sp³-hybridized carbons (Fsp3) is 0.278.